The van der Waals surface area contributed by atoms with E-state index in [4.69, 9.17) is 4.18 Å². The SMILES string of the molecule is CC(C)(C)S(OCc1ccc[nH]c1=O)(c1ccccc1)c1ccccc1. The van der Waals surface area contributed by atoms with E-state index in [2.05, 4.69) is 50.0 Å². The first-order valence-corrected chi connectivity index (χ1v) is 10.2. The number of aromatic amines is 1. The molecular weight excluding hydrogens is 342 g/mol. The number of hydrogen-bond donors (Lipinski definition) is 1. The molecule has 0 aliphatic carbocycles. The van der Waals surface area contributed by atoms with E-state index in [9.17, 15) is 4.79 Å². The summed E-state index contributed by atoms with van der Waals surface area (Å²) in [4.78, 5) is 17.2. The fraction of sp³-hybridized carbons (Fsp3) is 0.227. The molecule has 2 aromatic carbocycles. The van der Waals surface area contributed by atoms with Crippen molar-refractivity contribution < 1.29 is 4.18 Å². The average Bonchev–Trinajstić information content (AvgIpc) is 2.64. The van der Waals surface area contributed by atoms with Gasteiger partial charge in [0.2, 0.25) is 0 Å². The molecule has 26 heavy (non-hydrogen) atoms. The Morgan fingerprint density at radius 1 is 0.846 bits per heavy atom. The standard InChI is InChI=1S/C22H25NO2S/c1-22(2,3)26(19-12-6-4-7-13-19,20-14-8-5-9-15-20)25-17-18-11-10-16-23-21(18)24/h4-16H,17H2,1-3H3,(H,23,24). The van der Waals surface area contributed by atoms with Crippen LogP contribution in [0.3, 0.4) is 0 Å². The van der Waals surface area contributed by atoms with Gasteiger partial charge in [0, 0.05) is 26.3 Å². The van der Waals surface area contributed by atoms with E-state index in [0.717, 1.165) is 9.79 Å². The summed E-state index contributed by atoms with van der Waals surface area (Å²) in [5.74, 6) is 0. The van der Waals surface area contributed by atoms with Crippen LogP contribution < -0.4 is 5.56 Å². The summed E-state index contributed by atoms with van der Waals surface area (Å²) in [5, 5.41) is 0. The van der Waals surface area contributed by atoms with Crippen LogP contribution in [0.4, 0.5) is 0 Å². The number of pyridine rings is 1. The molecule has 0 bridgehead atoms. The molecular formula is C22H25NO2S. The third kappa shape index (κ3) is 3.48. The van der Waals surface area contributed by atoms with Gasteiger partial charge in [-0.25, -0.2) is 0 Å². The molecule has 3 rings (SSSR count). The number of H-pyrrole nitrogens is 1. The van der Waals surface area contributed by atoms with Crippen LogP contribution in [0.5, 0.6) is 0 Å². The summed E-state index contributed by atoms with van der Waals surface area (Å²) >= 11 is 0. The quantitative estimate of drug-likeness (QED) is 0.644. The first-order valence-electron chi connectivity index (χ1n) is 8.69. The topological polar surface area (TPSA) is 42.1 Å². The number of rotatable bonds is 5. The molecule has 0 fully saturated rings. The van der Waals surface area contributed by atoms with Crippen LogP contribution in [-0.4, -0.2) is 9.73 Å². The molecule has 3 aromatic rings. The van der Waals surface area contributed by atoms with Gasteiger partial charge in [0.1, 0.15) is 0 Å². The number of benzene rings is 2. The van der Waals surface area contributed by atoms with Gasteiger partial charge in [0.25, 0.3) is 5.56 Å². The van der Waals surface area contributed by atoms with Crippen molar-refractivity contribution in [3.63, 3.8) is 0 Å². The lowest BCUT2D eigenvalue weighted by atomic mass is 10.3. The maximum absolute atomic E-state index is 12.1. The Kier molecular flexibility index (Phi) is 5.35. The van der Waals surface area contributed by atoms with Crippen LogP contribution in [0, 0.1) is 0 Å². The smallest absolute Gasteiger partial charge is 0.253 e. The molecule has 0 spiro atoms. The molecule has 0 amide bonds. The minimum absolute atomic E-state index is 0.101. The predicted octanol–water partition coefficient (Wildman–Crippen LogP) is 5.53. The van der Waals surface area contributed by atoms with Gasteiger partial charge in [-0.1, -0.05) is 46.7 Å². The van der Waals surface area contributed by atoms with Crippen molar-refractivity contribution in [3.8, 4) is 0 Å². The molecule has 0 aliphatic rings. The Bertz CT molecular complexity index is 859. The van der Waals surface area contributed by atoms with Crippen LogP contribution in [0.15, 0.2) is 93.6 Å². The maximum Gasteiger partial charge on any atom is 0.253 e. The lowest BCUT2D eigenvalue weighted by molar-refractivity contribution is 0.331. The normalized spacial score (nSPS) is 12.7. The van der Waals surface area contributed by atoms with Gasteiger partial charge >= 0.3 is 0 Å². The third-order valence-electron chi connectivity index (χ3n) is 4.30. The van der Waals surface area contributed by atoms with E-state index in [1.165, 1.54) is 0 Å². The van der Waals surface area contributed by atoms with Crippen molar-refractivity contribution in [3.05, 3.63) is 94.9 Å². The molecule has 0 unspecified atom stereocenters. The zero-order valence-electron chi connectivity index (χ0n) is 15.4. The van der Waals surface area contributed by atoms with Crippen LogP contribution in [0.1, 0.15) is 26.3 Å². The van der Waals surface area contributed by atoms with Crippen LogP contribution in [0.2, 0.25) is 0 Å². The fourth-order valence-corrected chi connectivity index (χ4v) is 6.80. The summed E-state index contributed by atoms with van der Waals surface area (Å²) in [7, 11) is -1.84. The van der Waals surface area contributed by atoms with Crippen LogP contribution in [0.25, 0.3) is 0 Å². The van der Waals surface area contributed by atoms with Crippen molar-refractivity contribution >= 4 is 10.3 Å². The number of nitrogens with one attached hydrogen (secondary N) is 1. The van der Waals surface area contributed by atoms with Gasteiger partial charge in [-0.3, -0.25) is 4.79 Å². The molecule has 1 N–H and O–H groups in total. The molecule has 1 heterocycles. The largest absolute Gasteiger partial charge is 0.329 e. The van der Waals surface area contributed by atoms with Gasteiger partial charge < -0.3 is 9.17 Å². The van der Waals surface area contributed by atoms with Crippen molar-refractivity contribution in [2.75, 3.05) is 0 Å². The van der Waals surface area contributed by atoms with E-state index >= 15 is 0 Å². The molecule has 0 saturated carbocycles. The van der Waals surface area contributed by atoms with Crippen molar-refractivity contribution in [1.29, 1.82) is 0 Å². The maximum atomic E-state index is 12.1. The van der Waals surface area contributed by atoms with E-state index in [-0.39, 0.29) is 16.9 Å². The highest BCUT2D eigenvalue weighted by Gasteiger charge is 2.41. The highest BCUT2D eigenvalue weighted by atomic mass is 32.3. The molecule has 136 valence electrons. The van der Waals surface area contributed by atoms with E-state index < -0.39 is 10.3 Å². The van der Waals surface area contributed by atoms with Gasteiger partial charge in [-0.2, -0.15) is 0 Å². The minimum atomic E-state index is -1.84. The summed E-state index contributed by atoms with van der Waals surface area (Å²) in [6.45, 7) is 6.89. The monoisotopic (exact) mass is 367 g/mol. The highest BCUT2D eigenvalue weighted by Crippen LogP contribution is 2.71. The van der Waals surface area contributed by atoms with Gasteiger partial charge in [0.15, 0.2) is 0 Å². The Hall–Kier alpha value is -2.30. The summed E-state index contributed by atoms with van der Waals surface area (Å²) < 4.78 is 6.54. The second-order valence-electron chi connectivity index (χ2n) is 7.08. The van der Waals surface area contributed by atoms with Gasteiger partial charge in [-0.15, -0.1) is 0 Å². The van der Waals surface area contributed by atoms with E-state index in [0.29, 0.717) is 5.56 Å². The highest BCUT2D eigenvalue weighted by molar-refractivity contribution is 8.31. The van der Waals surface area contributed by atoms with E-state index in [1.54, 1.807) is 6.20 Å². The number of hydrogen-bond acceptors (Lipinski definition) is 2. The zero-order chi connectivity index (χ0) is 18.6. The van der Waals surface area contributed by atoms with Crippen molar-refractivity contribution in [2.24, 2.45) is 0 Å². The van der Waals surface area contributed by atoms with E-state index in [1.807, 2.05) is 48.5 Å². The first kappa shape index (κ1) is 18.5. The molecule has 0 saturated heterocycles. The average molecular weight is 368 g/mol. The Morgan fingerprint density at radius 3 is 1.85 bits per heavy atom. The molecule has 1 aromatic heterocycles. The second-order valence-corrected chi connectivity index (χ2v) is 10.6. The van der Waals surface area contributed by atoms with Crippen LogP contribution >= 0.6 is 10.3 Å². The summed E-state index contributed by atoms with van der Waals surface area (Å²) in [5.41, 5.74) is 0.538. The zero-order valence-corrected chi connectivity index (χ0v) is 16.3. The van der Waals surface area contributed by atoms with Gasteiger partial charge in [0.05, 0.1) is 6.61 Å². The molecule has 0 atom stereocenters. The third-order valence-corrected chi connectivity index (χ3v) is 8.37. The first-order chi connectivity index (χ1) is 12.4. The molecule has 3 nitrogen and oxygen atoms in total. The van der Waals surface area contributed by atoms with Crippen molar-refractivity contribution in [1.82, 2.24) is 4.98 Å². The number of aromatic nitrogens is 1. The summed E-state index contributed by atoms with van der Waals surface area (Å²) in [6, 6.07) is 24.4. The van der Waals surface area contributed by atoms with Crippen molar-refractivity contribution in [2.45, 2.75) is 41.9 Å². The Balaban J connectivity index is 2.14. The lowest BCUT2D eigenvalue weighted by Crippen LogP contribution is -2.28. The summed E-state index contributed by atoms with van der Waals surface area (Å²) in [6.07, 6.45) is 1.64. The minimum Gasteiger partial charge on any atom is -0.329 e. The Labute approximate surface area is 156 Å². The predicted molar refractivity (Wildman–Crippen MR) is 109 cm³/mol. The molecule has 4 heteroatoms. The lowest BCUT2D eigenvalue weighted by Gasteiger charge is -2.50. The van der Waals surface area contributed by atoms with Crippen LogP contribution in [-0.2, 0) is 10.8 Å². The van der Waals surface area contributed by atoms with Gasteiger partial charge in [-0.05, 0) is 57.2 Å². The fourth-order valence-electron chi connectivity index (χ4n) is 3.10. The Morgan fingerprint density at radius 2 is 1.38 bits per heavy atom. The molecule has 0 aliphatic heterocycles. The molecule has 0 radical (unpaired) electrons. The second kappa shape index (κ2) is 7.52.